The van der Waals surface area contributed by atoms with E-state index in [1.807, 2.05) is 0 Å². The third-order valence-corrected chi connectivity index (χ3v) is 2.55. The van der Waals surface area contributed by atoms with Crippen molar-refractivity contribution >= 4 is 17.7 Å². The van der Waals surface area contributed by atoms with Crippen molar-refractivity contribution < 1.29 is 19.1 Å². The third-order valence-electron chi connectivity index (χ3n) is 2.55. The van der Waals surface area contributed by atoms with Gasteiger partial charge in [0.05, 0.1) is 6.42 Å². The lowest BCUT2D eigenvalue weighted by Gasteiger charge is -2.41. The van der Waals surface area contributed by atoms with Crippen LogP contribution in [0.5, 0.6) is 0 Å². The molecule has 1 aromatic carbocycles. The van der Waals surface area contributed by atoms with E-state index in [0.29, 0.717) is 12.4 Å². The minimum atomic E-state index is -0.932. The van der Waals surface area contributed by atoms with E-state index in [2.05, 4.69) is 0 Å². The Morgan fingerprint density at radius 3 is 2.53 bits per heavy atom. The maximum absolute atomic E-state index is 12.7. The van der Waals surface area contributed by atoms with E-state index in [9.17, 15) is 14.0 Å². The van der Waals surface area contributed by atoms with E-state index in [0.717, 1.165) is 0 Å². The monoisotopic (exact) mass is 238 g/mol. The molecule has 1 N–H and O–H groups in total. The number of carbonyl (C=O) groups is 2. The van der Waals surface area contributed by atoms with E-state index < -0.39 is 5.97 Å². The summed E-state index contributed by atoms with van der Waals surface area (Å²) in [4.78, 5) is 24.9. The minimum absolute atomic E-state index is 0.0665. The number of carbonyl (C=O) groups excluding carboxylic acids is 1. The molecule has 0 aromatic heterocycles. The number of carboxylic acids is 1. The first-order valence-corrected chi connectivity index (χ1v) is 5.12. The zero-order valence-corrected chi connectivity index (χ0v) is 8.97. The van der Waals surface area contributed by atoms with Gasteiger partial charge in [-0.1, -0.05) is 0 Å². The Bertz CT molecular complexity index is 447. The molecule has 0 bridgehead atoms. The molecule has 1 fully saturated rings. The molecule has 0 atom stereocenters. The number of carboxylic acid groups (broad SMARTS) is 1. The highest BCUT2D eigenvalue weighted by Gasteiger charge is 2.34. The molecular formula is C11H11FN2O3. The molecule has 17 heavy (non-hydrogen) atoms. The number of nitrogens with zero attached hydrogens (tertiary/aromatic N) is 2. The number of aliphatic carboxylic acids is 1. The van der Waals surface area contributed by atoms with Crippen LogP contribution in [0.2, 0.25) is 0 Å². The number of amides is 2. The summed E-state index contributed by atoms with van der Waals surface area (Å²) in [5.41, 5.74) is 0.614. The van der Waals surface area contributed by atoms with Crippen LogP contribution in [0.3, 0.4) is 0 Å². The smallest absolute Gasteiger partial charge is 0.327 e. The van der Waals surface area contributed by atoms with Crippen LogP contribution in [0.25, 0.3) is 0 Å². The molecule has 1 saturated heterocycles. The Labute approximate surface area is 97.1 Å². The van der Waals surface area contributed by atoms with Gasteiger partial charge in [-0.3, -0.25) is 9.69 Å². The van der Waals surface area contributed by atoms with Gasteiger partial charge in [0.1, 0.15) is 12.5 Å². The van der Waals surface area contributed by atoms with Crippen LogP contribution < -0.4 is 4.90 Å². The van der Waals surface area contributed by atoms with Crippen molar-refractivity contribution in [1.82, 2.24) is 4.90 Å². The number of hydrogen-bond acceptors (Lipinski definition) is 2. The minimum Gasteiger partial charge on any atom is -0.481 e. The van der Waals surface area contributed by atoms with Gasteiger partial charge in [0, 0.05) is 12.2 Å². The van der Waals surface area contributed by atoms with Gasteiger partial charge in [0.2, 0.25) is 0 Å². The average molecular weight is 238 g/mol. The van der Waals surface area contributed by atoms with Gasteiger partial charge >= 0.3 is 12.0 Å². The number of benzene rings is 1. The molecule has 1 aliphatic heterocycles. The second-order valence-corrected chi connectivity index (χ2v) is 3.74. The Morgan fingerprint density at radius 2 is 2.00 bits per heavy atom. The summed E-state index contributed by atoms with van der Waals surface area (Å²) in [5, 5.41) is 8.49. The van der Waals surface area contributed by atoms with E-state index in [-0.39, 0.29) is 24.8 Å². The average Bonchev–Trinajstić information content (AvgIpc) is 2.29. The molecule has 1 aliphatic rings. The summed E-state index contributed by atoms with van der Waals surface area (Å²) < 4.78 is 12.7. The third kappa shape index (κ3) is 2.35. The van der Waals surface area contributed by atoms with Gasteiger partial charge in [0.25, 0.3) is 0 Å². The zero-order chi connectivity index (χ0) is 12.4. The van der Waals surface area contributed by atoms with Crippen molar-refractivity contribution in [2.45, 2.75) is 6.42 Å². The van der Waals surface area contributed by atoms with Crippen molar-refractivity contribution in [2.24, 2.45) is 0 Å². The quantitative estimate of drug-likeness (QED) is 0.864. The fraction of sp³-hybridized carbons (Fsp3) is 0.273. The predicted octanol–water partition coefficient (Wildman–Crippen LogP) is 1.50. The molecule has 90 valence electrons. The van der Waals surface area contributed by atoms with Gasteiger partial charge in [-0.05, 0) is 24.3 Å². The Balaban J connectivity index is 1.93. The van der Waals surface area contributed by atoms with Crippen LogP contribution in [-0.4, -0.2) is 35.2 Å². The fourth-order valence-electron chi connectivity index (χ4n) is 1.59. The maximum atomic E-state index is 12.7. The highest BCUT2D eigenvalue weighted by Crippen LogP contribution is 2.23. The van der Waals surface area contributed by atoms with Gasteiger partial charge in [-0.2, -0.15) is 0 Å². The molecule has 0 saturated carbocycles. The zero-order valence-electron chi connectivity index (χ0n) is 8.97. The second-order valence-electron chi connectivity index (χ2n) is 3.74. The largest absolute Gasteiger partial charge is 0.481 e. The van der Waals surface area contributed by atoms with E-state index >= 15 is 0 Å². The van der Waals surface area contributed by atoms with Crippen molar-refractivity contribution in [2.75, 3.05) is 18.1 Å². The summed E-state index contributed by atoms with van der Waals surface area (Å²) in [5.74, 6) is -1.29. The van der Waals surface area contributed by atoms with Crippen LogP contribution in [0.15, 0.2) is 24.3 Å². The summed E-state index contributed by atoms with van der Waals surface area (Å²) in [6, 6.07) is 5.34. The molecule has 0 radical (unpaired) electrons. The normalized spacial score (nSPS) is 14.8. The summed E-state index contributed by atoms with van der Waals surface area (Å²) >= 11 is 0. The van der Waals surface area contributed by atoms with E-state index in [1.54, 1.807) is 0 Å². The van der Waals surface area contributed by atoms with Crippen LogP contribution in [0, 0.1) is 5.82 Å². The highest BCUT2D eigenvalue weighted by molar-refractivity contribution is 5.97. The number of hydrogen-bond donors (Lipinski definition) is 1. The van der Waals surface area contributed by atoms with Crippen LogP contribution in [0.1, 0.15) is 6.42 Å². The van der Waals surface area contributed by atoms with Crippen molar-refractivity contribution in [3.05, 3.63) is 30.1 Å². The summed E-state index contributed by atoms with van der Waals surface area (Å²) in [7, 11) is 0. The molecule has 0 aliphatic carbocycles. The van der Waals surface area contributed by atoms with Gasteiger partial charge < -0.3 is 10.0 Å². The molecule has 6 heteroatoms. The maximum Gasteiger partial charge on any atom is 0.327 e. The first-order valence-electron chi connectivity index (χ1n) is 5.12. The summed E-state index contributed by atoms with van der Waals surface area (Å²) in [6.45, 7) is 0.545. The highest BCUT2D eigenvalue weighted by atomic mass is 19.1. The Kier molecular flexibility index (Phi) is 2.95. The number of anilines is 1. The lowest BCUT2D eigenvalue weighted by atomic mass is 10.2. The molecular weight excluding hydrogens is 227 g/mol. The first-order chi connectivity index (χ1) is 8.08. The molecule has 0 unspecified atom stereocenters. The molecule has 5 nitrogen and oxygen atoms in total. The van der Waals surface area contributed by atoms with E-state index in [4.69, 9.17) is 5.11 Å². The van der Waals surface area contributed by atoms with Crippen LogP contribution >= 0.6 is 0 Å². The van der Waals surface area contributed by atoms with Gasteiger partial charge in [0.15, 0.2) is 0 Å². The molecule has 2 rings (SSSR count). The van der Waals surface area contributed by atoms with Crippen molar-refractivity contribution in [3.8, 4) is 0 Å². The molecule has 1 aromatic rings. The van der Waals surface area contributed by atoms with E-state index in [1.165, 1.54) is 34.1 Å². The van der Waals surface area contributed by atoms with Crippen molar-refractivity contribution in [1.29, 1.82) is 0 Å². The first kappa shape index (κ1) is 11.4. The molecule has 2 amide bonds. The predicted molar refractivity (Wildman–Crippen MR) is 58.1 cm³/mol. The SMILES string of the molecule is O=C(O)CCN1CN(c2ccc(F)cc2)C1=O. The lowest BCUT2D eigenvalue weighted by Crippen LogP contribution is -2.60. The van der Waals surface area contributed by atoms with Crippen LogP contribution in [0.4, 0.5) is 14.9 Å². The Morgan fingerprint density at radius 1 is 1.35 bits per heavy atom. The number of rotatable bonds is 4. The van der Waals surface area contributed by atoms with Crippen molar-refractivity contribution in [3.63, 3.8) is 0 Å². The lowest BCUT2D eigenvalue weighted by molar-refractivity contribution is -0.137. The van der Waals surface area contributed by atoms with Crippen LogP contribution in [-0.2, 0) is 4.79 Å². The Hall–Kier alpha value is -2.11. The summed E-state index contributed by atoms with van der Waals surface area (Å²) in [6.07, 6.45) is -0.0665. The molecule has 0 spiro atoms. The molecule has 1 heterocycles. The number of urea groups is 1. The van der Waals surface area contributed by atoms with Gasteiger partial charge in [-0.25, -0.2) is 9.18 Å². The second kappa shape index (κ2) is 4.40. The number of halogens is 1. The fourth-order valence-corrected chi connectivity index (χ4v) is 1.59. The topological polar surface area (TPSA) is 60.9 Å². The van der Waals surface area contributed by atoms with Gasteiger partial charge in [-0.15, -0.1) is 0 Å². The standard InChI is InChI=1S/C11H11FN2O3/c12-8-1-3-9(4-2-8)14-7-13(11(14)17)6-5-10(15)16/h1-4H,5-7H2,(H,15,16).